The molecule has 0 amide bonds. The first-order valence-corrected chi connectivity index (χ1v) is 10.6. The van der Waals surface area contributed by atoms with Gasteiger partial charge in [0.2, 0.25) is 0 Å². The van der Waals surface area contributed by atoms with E-state index in [1.807, 2.05) is 6.07 Å². The summed E-state index contributed by atoms with van der Waals surface area (Å²) in [6, 6.07) is 1.94. The molecular weight excluding hydrogens is 379 g/mol. The molecule has 1 unspecified atom stereocenters. The minimum Gasteiger partial charge on any atom is -0.461 e. The molecule has 0 aliphatic heterocycles. The van der Waals surface area contributed by atoms with Crippen LogP contribution in [0.2, 0.25) is 0 Å². The predicted octanol–water partition coefficient (Wildman–Crippen LogP) is 3.94. The number of hydrogen-bond donors (Lipinski definition) is 0. The smallest absolute Gasteiger partial charge is 0.419 e. The van der Waals surface area contributed by atoms with E-state index >= 15 is 0 Å². The van der Waals surface area contributed by atoms with Gasteiger partial charge in [-0.3, -0.25) is 4.98 Å². The third kappa shape index (κ3) is 4.25. The summed E-state index contributed by atoms with van der Waals surface area (Å²) in [5.41, 5.74) is 2.56. The standard InChI is InChI=1S/C23H31BN2O4/c1-8-29-20(27)19-17(24)18-16(26(19)21(28)30-23(5,6)7)12-13-11-14(22(2,3)4)9-10-15(13)25-18/h12,14H,8-11H2,1-7H3. The highest BCUT2D eigenvalue weighted by Crippen LogP contribution is 2.37. The molecule has 160 valence electrons. The second-order valence-corrected chi connectivity index (χ2v) is 10.1. The Bertz CT molecular complexity index is 996. The zero-order valence-corrected chi connectivity index (χ0v) is 19.1. The van der Waals surface area contributed by atoms with Gasteiger partial charge in [-0.15, -0.1) is 0 Å². The van der Waals surface area contributed by atoms with Crippen LogP contribution in [-0.2, 0) is 22.3 Å². The van der Waals surface area contributed by atoms with Gasteiger partial charge in [0.25, 0.3) is 0 Å². The van der Waals surface area contributed by atoms with E-state index in [9.17, 15) is 9.59 Å². The number of fused-ring (bicyclic) bond motifs is 2. The normalized spacial score (nSPS) is 17.0. The van der Waals surface area contributed by atoms with E-state index in [2.05, 4.69) is 20.8 Å². The van der Waals surface area contributed by atoms with E-state index in [0.29, 0.717) is 17.0 Å². The van der Waals surface area contributed by atoms with E-state index in [1.54, 1.807) is 27.7 Å². The highest BCUT2D eigenvalue weighted by atomic mass is 16.6. The molecule has 30 heavy (non-hydrogen) atoms. The van der Waals surface area contributed by atoms with Gasteiger partial charge in [-0.2, -0.15) is 0 Å². The van der Waals surface area contributed by atoms with Crippen molar-refractivity contribution in [2.24, 2.45) is 11.3 Å². The third-order valence-corrected chi connectivity index (χ3v) is 5.61. The number of carbonyl (C=O) groups is 2. The van der Waals surface area contributed by atoms with Gasteiger partial charge < -0.3 is 9.47 Å². The monoisotopic (exact) mass is 410 g/mol. The van der Waals surface area contributed by atoms with Crippen LogP contribution in [0.3, 0.4) is 0 Å². The van der Waals surface area contributed by atoms with Crippen molar-refractivity contribution in [3.05, 3.63) is 23.0 Å². The van der Waals surface area contributed by atoms with Gasteiger partial charge in [-0.25, -0.2) is 14.2 Å². The fraction of sp³-hybridized carbons (Fsp3) is 0.609. The van der Waals surface area contributed by atoms with Crippen molar-refractivity contribution in [3.63, 3.8) is 0 Å². The minimum atomic E-state index is -0.729. The fourth-order valence-electron chi connectivity index (χ4n) is 4.01. The summed E-state index contributed by atoms with van der Waals surface area (Å²) in [5.74, 6) is -0.152. The summed E-state index contributed by atoms with van der Waals surface area (Å²) in [6.07, 6.45) is 2.10. The minimum absolute atomic E-state index is 0.0247. The Hall–Kier alpha value is -2.31. The first-order valence-electron chi connectivity index (χ1n) is 10.6. The molecule has 2 radical (unpaired) electrons. The van der Waals surface area contributed by atoms with Crippen molar-refractivity contribution < 1.29 is 19.1 Å². The van der Waals surface area contributed by atoms with Crippen LogP contribution in [0.1, 0.15) is 76.6 Å². The van der Waals surface area contributed by atoms with Crippen molar-refractivity contribution in [1.82, 2.24) is 9.55 Å². The second-order valence-electron chi connectivity index (χ2n) is 10.1. The molecule has 0 fully saturated rings. The molecule has 0 saturated carbocycles. The van der Waals surface area contributed by atoms with Gasteiger partial charge in [0.15, 0.2) is 0 Å². The molecule has 6 nitrogen and oxygen atoms in total. The van der Waals surface area contributed by atoms with Gasteiger partial charge in [-0.1, -0.05) is 20.8 Å². The van der Waals surface area contributed by atoms with Gasteiger partial charge in [0.05, 0.1) is 17.6 Å². The summed E-state index contributed by atoms with van der Waals surface area (Å²) in [4.78, 5) is 30.5. The summed E-state index contributed by atoms with van der Waals surface area (Å²) in [5, 5.41) is 0. The maximum Gasteiger partial charge on any atom is 0.419 e. The average molecular weight is 410 g/mol. The lowest BCUT2D eigenvalue weighted by molar-refractivity contribution is 0.0455. The first kappa shape index (κ1) is 22.4. The first-order chi connectivity index (χ1) is 13.8. The zero-order valence-electron chi connectivity index (χ0n) is 19.1. The second kappa shape index (κ2) is 7.75. The maximum atomic E-state index is 13.1. The summed E-state index contributed by atoms with van der Waals surface area (Å²) in [6.45, 7) is 13.9. The molecular formula is C23H31BN2O4. The molecule has 0 spiro atoms. The maximum absolute atomic E-state index is 13.1. The Labute approximate surface area is 179 Å². The lowest BCUT2D eigenvalue weighted by Gasteiger charge is -2.34. The average Bonchev–Trinajstić information content (AvgIpc) is 2.89. The van der Waals surface area contributed by atoms with E-state index in [-0.39, 0.29) is 23.2 Å². The number of carbonyl (C=O) groups excluding carboxylic acids is 2. The van der Waals surface area contributed by atoms with E-state index in [1.165, 1.54) is 4.57 Å². The molecule has 2 aromatic rings. The number of aryl methyl sites for hydroxylation is 1. The summed E-state index contributed by atoms with van der Waals surface area (Å²) >= 11 is 0. The Morgan fingerprint density at radius 3 is 2.47 bits per heavy atom. The van der Waals surface area contributed by atoms with Gasteiger partial charge in [0, 0.05) is 5.69 Å². The Kier molecular flexibility index (Phi) is 5.78. The lowest BCUT2D eigenvalue weighted by atomic mass is 9.71. The number of esters is 1. The lowest BCUT2D eigenvalue weighted by Crippen LogP contribution is -2.31. The highest BCUT2D eigenvalue weighted by molar-refractivity contribution is 6.42. The van der Waals surface area contributed by atoms with Crippen LogP contribution in [-0.4, -0.2) is 41.7 Å². The Morgan fingerprint density at radius 2 is 1.90 bits per heavy atom. The van der Waals surface area contributed by atoms with Crippen molar-refractivity contribution in [3.8, 4) is 0 Å². The molecule has 1 atom stereocenters. The predicted molar refractivity (Wildman–Crippen MR) is 118 cm³/mol. The van der Waals surface area contributed by atoms with Gasteiger partial charge in [0.1, 0.15) is 19.1 Å². The quantitative estimate of drug-likeness (QED) is 0.554. The van der Waals surface area contributed by atoms with Gasteiger partial charge >= 0.3 is 12.1 Å². The fourth-order valence-corrected chi connectivity index (χ4v) is 4.01. The molecule has 3 rings (SSSR count). The number of pyridine rings is 1. The van der Waals surface area contributed by atoms with E-state index < -0.39 is 17.7 Å². The molecule has 1 aliphatic carbocycles. The molecule has 0 bridgehead atoms. The number of aromatic nitrogens is 2. The molecule has 0 saturated heterocycles. The largest absolute Gasteiger partial charge is 0.461 e. The molecule has 0 N–H and O–H groups in total. The van der Waals surface area contributed by atoms with Crippen molar-refractivity contribution in [2.45, 2.75) is 73.3 Å². The van der Waals surface area contributed by atoms with Crippen LogP contribution < -0.4 is 5.46 Å². The van der Waals surface area contributed by atoms with Crippen LogP contribution >= 0.6 is 0 Å². The SMILES string of the molecule is [B]c1c(C(=O)OCC)n(C(=O)OC(C)(C)C)c2cc3c(nc12)CCC(C(C)(C)C)C3. The van der Waals surface area contributed by atoms with Gasteiger partial charge in [-0.05, 0) is 75.4 Å². The van der Waals surface area contributed by atoms with Crippen molar-refractivity contribution in [1.29, 1.82) is 0 Å². The Morgan fingerprint density at radius 1 is 1.23 bits per heavy atom. The van der Waals surface area contributed by atoms with E-state index in [0.717, 1.165) is 30.5 Å². The van der Waals surface area contributed by atoms with Crippen LogP contribution in [0.5, 0.6) is 0 Å². The summed E-state index contributed by atoms with van der Waals surface area (Å²) in [7, 11) is 6.31. The third-order valence-electron chi connectivity index (χ3n) is 5.61. The number of rotatable bonds is 2. The van der Waals surface area contributed by atoms with E-state index in [4.69, 9.17) is 22.3 Å². The van der Waals surface area contributed by atoms with Crippen LogP contribution in [0, 0.1) is 11.3 Å². The number of nitrogens with zero attached hydrogens (tertiary/aromatic N) is 2. The van der Waals surface area contributed by atoms with Crippen LogP contribution in [0.4, 0.5) is 4.79 Å². The van der Waals surface area contributed by atoms with Crippen LogP contribution in [0.15, 0.2) is 6.07 Å². The molecule has 1 aliphatic rings. The van der Waals surface area contributed by atoms with Crippen molar-refractivity contribution >= 4 is 36.4 Å². The van der Waals surface area contributed by atoms with Crippen molar-refractivity contribution in [2.75, 3.05) is 6.61 Å². The highest BCUT2D eigenvalue weighted by Gasteiger charge is 2.33. The topological polar surface area (TPSA) is 70.4 Å². The molecule has 7 heteroatoms. The summed E-state index contributed by atoms with van der Waals surface area (Å²) < 4.78 is 12.0. The molecule has 0 aromatic carbocycles. The molecule has 2 aromatic heterocycles. The van der Waals surface area contributed by atoms with Crippen LogP contribution in [0.25, 0.3) is 11.0 Å². The Balaban J connectivity index is 2.21. The number of hydrogen-bond acceptors (Lipinski definition) is 5. The zero-order chi connectivity index (χ0) is 22.4. The number of ether oxygens (including phenoxy) is 2. The molecule has 2 heterocycles.